The normalized spacial score (nSPS) is 13.0. The number of nitrogens with zero attached hydrogens (tertiary/aromatic N) is 1. The largest absolute Gasteiger partial charge is 0.456 e. The van der Waals surface area contributed by atoms with Crippen molar-refractivity contribution in [3.05, 3.63) is 235 Å². The van der Waals surface area contributed by atoms with E-state index in [-0.39, 0.29) is 0 Å². The van der Waals surface area contributed by atoms with Gasteiger partial charge < -0.3 is 13.7 Å². The lowest BCUT2D eigenvalue weighted by atomic mass is 9.68. The van der Waals surface area contributed by atoms with Gasteiger partial charge >= 0.3 is 0 Å². The van der Waals surface area contributed by atoms with E-state index >= 15 is 0 Å². The van der Waals surface area contributed by atoms with Gasteiger partial charge in [-0.2, -0.15) is 0 Å². The van der Waals surface area contributed by atoms with Crippen LogP contribution in [-0.2, 0) is 5.41 Å². The van der Waals surface area contributed by atoms with Crippen molar-refractivity contribution in [2.45, 2.75) is 5.41 Å². The zero-order valence-corrected chi connectivity index (χ0v) is 31.5. The lowest BCUT2D eigenvalue weighted by molar-refractivity contribution is 0.663. The van der Waals surface area contributed by atoms with Gasteiger partial charge in [0.1, 0.15) is 22.3 Å². The van der Waals surface area contributed by atoms with Crippen LogP contribution in [-0.4, -0.2) is 0 Å². The van der Waals surface area contributed by atoms with Crippen LogP contribution in [0.15, 0.2) is 221 Å². The number of para-hydroxylation sites is 3. The molecule has 1 aliphatic carbocycles. The lowest BCUT2D eigenvalue weighted by Crippen LogP contribution is -2.28. The number of anilines is 3. The van der Waals surface area contributed by atoms with Crippen molar-refractivity contribution in [3.8, 4) is 22.3 Å². The van der Waals surface area contributed by atoms with Gasteiger partial charge in [-0.15, -0.1) is 0 Å². The molecule has 3 nitrogen and oxygen atoms in total. The zero-order chi connectivity index (χ0) is 38.2. The highest BCUT2D eigenvalue weighted by Gasteiger charge is 2.47. The zero-order valence-electron chi connectivity index (χ0n) is 31.5. The van der Waals surface area contributed by atoms with E-state index in [4.69, 9.17) is 8.83 Å². The first-order chi connectivity index (χ1) is 28.8. The summed E-state index contributed by atoms with van der Waals surface area (Å²) in [6, 6.07) is 76.3. The first kappa shape index (κ1) is 32.6. The minimum Gasteiger partial charge on any atom is -0.456 e. The van der Waals surface area contributed by atoms with Gasteiger partial charge in [0, 0.05) is 38.7 Å². The van der Waals surface area contributed by atoms with Gasteiger partial charge in [0.05, 0.1) is 16.5 Å². The second-order valence-corrected chi connectivity index (χ2v) is 15.1. The summed E-state index contributed by atoms with van der Waals surface area (Å²) in [5, 5.41) is 4.26. The number of fused-ring (bicyclic) bond motifs is 10. The van der Waals surface area contributed by atoms with Crippen LogP contribution in [0.25, 0.3) is 66.1 Å². The van der Waals surface area contributed by atoms with Crippen LogP contribution in [0.2, 0.25) is 0 Å². The summed E-state index contributed by atoms with van der Waals surface area (Å²) >= 11 is 0. The van der Waals surface area contributed by atoms with Crippen molar-refractivity contribution in [2.24, 2.45) is 0 Å². The number of rotatable bonds is 6. The minimum atomic E-state index is -0.490. The highest BCUT2D eigenvalue weighted by molar-refractivity contribution is 6.23. The SMILES string of the molecule is c1ccc(N(c2ccc(-c3cccc4c3oc3c4ccc4oc5ccccc5c43)cc2)c2cccc3c2-c2ccccc2C3(c2ccccc2)c2ccccc2)cc1. The molecule has 0 bridgehead atoms. The predicted octanol–water partition coefficient (Wildman–Crippen LogP) is 15.0. The third kappa shape index (κ3) is 4.62. The van der Waals surface area contributed by atoms with E-state index in [9.17, 15) is 0 Å². The Morgan fingerprint density at radius 3 is 1.72 bits per heavy atom. The molecular formula is C55H35NO2. The summed E-state index contributed by atoms with van der Waals surface area (Å²) in [6.45, 7) is 0. The summed E-state index contributed by atoms with van der Waals surface area (Å²) in [5.74, 6) is 0. The molecule has 9 aromatic carbocycles. The number of benzene rings is 9. The van der Waals surface area contributed by atoms with E-state index in [2.05, 4.69) is 205 Å². The molecule has 1 aliphatic rings. The molecule has 0 aliphatic heterocycles. The van der Waals surface area contributed by atoms with Gasteiger partial charge in [0.2, 0.25) is 0 Å². The Morgan fingerprint density at radius 1 is 0.362 bits per heavy atom. The van der Waals surface area contributed by atoms with Crippen molar-refractivity contribution in [3.63, 3.8) is 0 Å². The van der Waals surface area contributed by atoms with Gasteiger partial charge in [-0.1, -0.05) is 164 Å². The van der Waals surface area contributed by atoms with E-state index in [0.29, 0.717) is 0 Å². The number of hydrogen-bond donors (Lipinski definition) is 0. The monoisotopic (exact) mass is 741 g/mol. The second-order valence-electron chi connectivity index (χ2n) is 15.1. The van der Waals surface area contributed by atoms with Gasteiger partial charge in [-0.3, -0.25) is 0 Å². The maximum absolute atomic E-state index is 6.84. The van der Waals surface area contributed by atoms with Crippen LogP contribution in [0.3, 0.4) is 0 Å². The Kier molecular flexibility index (Phi) is 7.14. The lowest BCUT2D eigenvalue weighted by Gasteiger charge is -2.34. The third-order valence-electron chi connectivity index (χ3n) is 12.2. The molecule has 272 valence electrons. The van der Waals surface area contributed by atoms with Crippen LogP contribution in [0.4, 0.5) is 17.1 Å². The fourth-order valence-corrected chi connectivity index (χ4v) is 9.75. The second kappa shape index (κ2) is 12.7. The summed E-state index contributed by atoms with van der Waals surface area (Å²) in [6.07, 6.45) is 0. The van der Waals surface area contributed by atoms with Crippen LogP contribution >= 0.6 is 0 Å². The molecule has 2 aromatic heterocycles. The molecule has 0 saturated carbocycles. The molecule has 0 amide bonds. The highest BCUT2D eigenvalue weighted by atomic mass is 16.3. The maximum Gasteiger partial charge on any atom is 0.147 e. The average Bonchev–Trinajstić information content (AvgIpc) is 3.96. The third-order valence-corrected chi connectivity index (χ3v) is 12.2. The summed E-state index contributed by atoms with van der Waals surface area (Å²) < 4.78 is 13.1. The maximum atomic E-state index is 6.84. The molecule has 0 saturated heterocycles. The smallest absolute Gasteiger partial charge is 0.147 e. The molecule has 0 radical (unpaired) electrons. The van der Waals surface area contributed by atoms with Gasteiger partial charge in [0.15, 0.2) is 0 Å². The van der Waals surface area contributed by atoms with E-state index in [0.717, 1.165) is 72.1 Å². The molecule has 0 spiro atoms. The van der Waals surface area contributed by atoms with E-state index in [1.54, 1.807) is 0 Å². The number of furan rings is 2. The van der Waals surface area contributed by atoms with E-state index < -0.39 is 5.41 Å². The summed E-state index contributed by atoms with van der Waals surface area (Å²) in [5.41, 5.74) is 15.9. The van der Waals surface area contributed by atoms with Crippen LogP contribution in [0, 0.1) is 0 Å². The standard InChI is InChI=1S/C55H35NO2/c1-4-16-37(17-5-1)55(38-18-6-2-7-19-38)46-26-12-10-22-44(46)51-47(55)27-15-28-48(51)56(39-20-8-3-9-21-39)40-32-30-36(31-33-40)41-24-14-25-42-43-34-35-50-52(54(43)58-53(41)42)45-23-11-13-29-49(45)57-50/h1-35H. The fraction of sp³-hybridized carbons (Fsp3) is 0.0182. The average molecular weight is 742 g/mol. The Labute approximate surface area is 335 Å². The Hall–Kier alpha value is -7.62. The Balaban J connectivity index is 1.04. The van der Waals surface area contributed by atoms with Crippen molar-refractivity contribution in [1.82, 2.24) is 0 Å². The molecule has 0 N–H and O–H groups in total. The summed E-state index contributed by atoms with van der Waals surface area (Å²) in [7, 11) is 0. The van der Waals surface area contributed by atoms with Gasteiger partial charge in [-0.05, 0) is 81.9 Å². The van der Waals surface area contributed by atoms with E-state index in [1.807, 2.05) is 12.1 Å². The van der Waals surface area contributed by atoms with Crippen LogP contribution < -0.4 is 4.90 Å². The first-order valence-electron chi connectivity index (χ1n) is 19.8. The Morgan fingerprint density at radius 2 is 0.948 bits per heavy atom. The van der Waals surface area contributed by atoms with Crippen molar-refractivity contribution >= 4 is 60.9 Å². The van der Waals surface area contributed by atoms with Crippen LogP contribution in [0.1, 0.15) is 22.3 Å². The van der Waals surface area contributed by atoms with Crippen molar-refractivity contribution < 1.29 is 8.83 Å². The quantitative estimate of drug-likeness (QED) is 0.170. The molecular weight excluding hydrogens is 707 g/mol. The molecule has 12 rings (SSSR count). The summed E-state index contributed by atoms with van der Waals surface area (Å²) in [4.78, 5) is 2.41. The van der Waals surface area contributed by atoms with Gasteiger partial charge in [0.25, 0.3) is 0 Å². The van der Waals surface area contributed by atoms with Crippen molar-refractivity contribution in [2.75, 3.05) is 4.90 Å². The van der Waals surface area contributed by atoms with Crippen LogP contribution in [0.5, 0.6) is 0 Å². The predicted molar refractivity (Wildman–Crippen MR) is 238 cm³/mol. The van der Waals surface area contributed by atoms with Crippen molar-refractivity contribution in [1.29, 1.82) is 0 Å². The topological polar surface area (TPSA) is 29.5 Å². The van der Waals surface area contributed by atoms with E-state index in [1.165, 1.54) is 33.4 Å². The molecule has 58 heavy (non-hydrogen) atoms. The molecule has 2 heterocycles. The fourth-order valence-electron chi connectivity index (χ4n) is 9.75. The molecule has 0 fully saturated rings. The molecule has 0 atom stereocenters. The minimum absolute atomic E-state index is 0.490. The number of hydrogen-bond acceptors (Lipinski definition) is 3. The first-order valence-corrected chi connectivity index (χ1v) is 19.8. The molecule has 3 heteroatoms. The molecule has 11 aromatic rings. The Bertz CT molecular complexity index is 3290. The van der Waals surface area contributed by atoms with Gasteiger partial charge in [-0.25, -0.2) is 0 Å². The highest BCUT2D eigenvalue weighted by Crippen LogP contribution is 2.59. The molecule has 0 unspecified atom stereocenters.